The molecule has 0 aromatic rings. The molecule has 9 heteroatoms. The van der Waals surface area contributed by atoms with E-state index in [1.54, 1.807) is 9.80 Å². The maximum absolute atomic E-state index is 13.2. The van der Waals surface area contributed by atoms with Crippen LogP contribution in [0.1, 0.15) is 52.9 Å². The maximum Gasteiger partial charge on any atom is 0.410 e. The van der Waals surface area contributed by atoms with Gasteiger partial charge in [-0.2, -0.15) is 0 Å². The Morgan fingerprint density at radius 2 is 1.70 bits per heavy atom. The molecular formula is C21H31N3O6. The highest BCUT2D eigenvalue weighted by atomic mass is 16.6. The van der Waals surface area contributed by atoms with Gasteiger partial charge in [0.2, 0.25) is 5.91 Å². The first-order valence-corrected chi connectivity index (χ1v) is 10.8. The van der Waals surface area contributed by atoms with Crippen LogP contribution in [0.3, 0.4) is 0 Å². The van der Waals surface area contributed by atoms with Gasteiger partial charge in [0, 0.05) is 50.0 Å². The van der Waals surface area contributed by atoms with E-state index in [0.717, 1.165) is 12.8 Å². The van der Waals surface area contributed by atoms with Gasteiger partial charge in [-0.05, 0) is 46.5 Å². The maximum atomic E-state index is 13.2. The van der Waals surface area contributed by atoms with Crippen molar-refractivity contribution >= 4 is 23.9 Å². The highest BCUT2D eigenvalue weighted by Crippen LogP contribution is 2.43. The molecule has 166 valence electrons. The molecule has 30 heavy (non-hydrogen) atoms. The molecule has 4 aliphatic heterocycles. The first-order valence-electron chi connectivity index (χ1n) is 10.8. The van der Waals surface area contributed by atoms with Crippen LogP contribution in [0, 0.1) is 11.3 Å². The number of nitrogens with zero attached hydrogens (tertiary/aromatic N) is 3. The Morgan fingerprint density at radius 3 is 2.23 bits per heavy atom. The van der Waals surface area contributed by atoms with Crippen LogP contribution >= 0.6 is 0 Å². The first-order chi connectivity index (χ1) is 14.0. The highest BCUT2D eigenvalue weighted by Gasteiger charge is 2.54. The number of carbonyl (C=O) groups excluding carboxylic acids is 3. The van der Waals surface area contributed by atoms with Crippen LogP contribution in [0.4, 0.5) is 9.59 Å². The molecule has 1 N–H and O–H groups in total. The summed E-state index contributed by atoms with van der Waals surface area (Å²) < 4.78 is 5.42. The third-order valence-electron chi connectivity index (χ3n) is 7.05. The minimum absolute atomic E-state index is 0.00155. The number of piperidine rings is 3. The molecule has 9 nitrogen and oxygen atoms in total. The Labute approximate surface area is 176 Å². The van der Waals surface area contributed by atoms with Gasteiger partial charge in [0.05, 0.1) is 0 Å². The molecular weight excluding hydrogens is 390 g/mol. The largest absolute Gasteiger partial charge is 0.465 e. The summed E-state index contributed by atoms with van der Waals surface area (Å²) in [5.74, 6) is -0.734. The van der Waals surface area contributed by atoms with Gasteiger partial charge in [0.25, 0.3) is 0 Å². The van der Waals surface area contributed by atoms with Gasteiger partial charge >= 0.3 is 12.2 Å². The van der Waals surface area contributed by atoms with Gasteiger partial charge in [-0.3, -0.25) is 14.5 Å². The second-order valence-corrected chi connectivity index (χ2v) is 10.3. The van der Waals surface area contributed by atoms with Gasteiger partial charge in [0.15, 0.2) is 0 Å². The molecule has 5 aliphatic rings. The van der Waals surface area contributed by atoms with E-state index in [0.29, 0.717) is 39.0 Å². The Bertz CT molecular complexity index is 759. The van der Waals surface area contributed by atoms with Crippen molar-refractivity contribution in [2.45, 2.75) is 70.6 Å². The zero-order valence-electron chi connectivity index (χ0n) is 17.9. The number of carbonyl (C=O) groups is 4. The highest BCUT2D eigenvalue weighted by molar-refractivity contribution is 5.96. The van der Waals surface area contributed by atoms with E-state index < -0.39 is 23.7 Å². The van der Waals surface area contributed by atoms with E-state index in [-0.39, 0.29) is 35.7 Å². The fourth-order valence-electron chi connectivity index (χ4n) is 5.50. The molecule has 3 atom stereocenters. The van der Waals surface area contributed by atoms with Crippen LogP contribution in [0.5, 0.6) is 0 Å². The lowest BCUT2D eigenvalue weighted by Crippen LogP contribution is -2.67. The summed E-state index contributed by atoms with van der Waals surface area (Å²) in [6.07, 6.45) is 1.57. The number of fused-ring (bicyclic) bond motifs is 3. The summed E-state index contributed by atoms with van der Waals surface area (Å²) >= 11 is 0. The lowest BCUT2D eigenvalue weighted by atomic mass is 9.71. The van der Waals surface area contributed by atoms with Gasteiger partial charge in [-0.25, -0.2) is 9.59 Å². The summed E-state index contributed by atoms with van der Waals surface area (Å²) in [6.45, 7) is 7.82. The minimum atomic E-state index is -1.11. The van der Waals surface area contributed by atoms with E-state index in [1.165, 1.54) is 4.90 Å². The van der Waals surface area contributed by atoms with Crippen molar-refractivity contribution in [3.05, 3.63) is 0 Å². The van der Waals surface area contributed by atoms with E-state index in [2.05, 4.69) is 0 Å². The smallest absolute Gasteiger partial charge is 0.410 e. The molecule has 0 radical (unpaired) electrons. The summed E-state index contributed by atoms with van der Waals surface area (Å²) in [4.78, 5) is 54.2. The molecule has 1 saturated carbocycles. The van der Waals surface area contributed by atoms with Crippen LogP contribution in [-0.2, 0) is 14.3 Å². The second kappa shape index (κ2) is 7.13. The molecule has 0 unspecified atom stereocenters. The predicted molar refractivity (Wildman–Crippen MR) is 106 cm³/mol. The zero-order chi connectivity index (χ0) is 21.8. The van der Waals surface area contributed by atoms with Crippen molar-refractivity contribution in [2.75, 3.05) is 26.2 Å². The normalized spacial score (nSPS) is 30.3. The Kier molecular flexibility index (Phi) is 4.97. The average molecular weight is 421 g/mol. The van der Waals surface area contributed by atoms with Gasteiger partial charge in [-0.15, -0.1) is 0 Å². The lowest BCUT2D eigenvalue weighted by molar-refractivity contribution is -0.155. The van der Waals surface area contributed by atoms with E-state index in [1.807, 2.05) is 20.8 Å². The van der Waals surface area contributed by atoms with Crippen molar-refractivity contribution < 1.29 is 29.0 Å². The Hall–Kier alpha value is -2.32. The molecule has 0 aromatic carbocycles. The summed E-state index contributed by atoms with van der Waals surface area (Å²) in [5.41, 5.74) is -0.524. The molecule has 5 fully saturated rings. The number of hydrogen-bond donors (Lipinski definition) is 1. The second-order valence-electron chi connectivity index (χ2n) is 10.3. The van der Waals surface area contributed by atoms with Crippen molar-refractivity contribution in [3.63, 3.8) is 0 Å². The summed E-state index contributed by atoms with van der Waals surface area (Å²) in [6, 6.07) is -1.25. The predicted octanol–water partition coefficient (Wildman–Crippen LogP) is 1.95. The van der Waals surface area contributed by atoms with Crippen LogP contribution < -0.4 is 0 Å². The summed E-state index contributed by atoms with van der Waals surface area (Å²) in [7, 11) is 0. The molecule has 1 aliphatic carbocycles. The molecule has 2 bridgehead atoms. The number of Topliss-reactive ketones (excluding diaryl/α,β-unsaturated/α-hetero) is 1. The zero-order valence-corrected chi connectivity index (χ0v) is 17.9. The number of likely N-dealkylation sites (tertiary alicyclic amines) is 2. The molecule has 5 rings (SSSR count). The SMILES string of the molecule is CC(C)(C)OC(=O)N1CC2(CCN(C(=O)[C@@H]3[C@@H]4CC[C@@H](CC4=O)N3C(=O)O)CC2)C1. The Morgan fingerprint density at radius 1 is 1.07 bits per heavy atom. The number of ether oxygens (including phenoxy) is 1. The topological polar surface area (TPSA) is 107 Å². The van der Waals surface area contributed by atoms with Crippen LogP contribution in [0.15, 0.2) is 0 Å². The number of hydrogen-bond acceptors (Lipinski definition) is 5. The standard InChI is InChI=1S/C21H31N3O6/c1-20(2,3)30-19(29)23-11-21(12-23)6-8-22(9-7-21)17(26)16-14-5-4-13(10-15(14)25)24(16)18(27)28/h13-14,16H,4-12H2,1-3H3,(H,27,28)/t13-,14+,16-/m0/s1. The monoisotopic (exact) mass is 421 g/mol. The van der Waals surface area contributed by atoms with Crippen LogP contribution in [-0.4, -0.2) is 87.5 Å². The Balaban J connectivity index is 1.36. The minimum Gasteiger partial charge on any atom is -0.465 e. The quantitative estimate of drug-likeness (QED) is 0.693. The number of amides is 3. The van der Waals surface area contributed by atoms with Crippen LogP contribution in [0.25, 0.3) is 0 Å². The lowest BCUT2D eigenvalue weighted by Gasteiger charge is -2.54. The number of ketones is 1. The molecule has 3 amide bonds. The molecule has 4 heterocycles. The van der Waals surface area contributed by atoms with Crippen molar-refractivity contribution in [1.82, 2.24) is 14.7 Å². The van der Waals surface area contributed by atoms with Gasteiger partial charge in [0.1, 0.15) is 17.4 Å². The van der Waals surface area contributed by atoms with E-state index in [9.17, 15) is 24.3 Å². The number of carboxylic acid groups (broad SMARTS) is 1. The van der Waals surface area contributed by atoms with Gasteiger partial charge in [-0.1, -0.05) is 0 Å². The third-order valence-corrected chi connectivity index (χ3v) is 7.05. The van der Waals surface area contributed by atoms with E-state index in [4.69, 9.17) is 4.74 Å². The fraction of sp³-hybridized carbons (Fsp3) is 0.810. The fourth-order valence-corrected chi connectivity index (χ4v) is 5.50. The van der Waals surface area contributed by atoms with E-state index >= 15 is 0 Å². The van der Waals surface area contributed by atoms with Crippen molar-refractivity contribution in [3.8, 4) is 0 Å². The first kappa shape index (κ1) is 20.9. The van der Waals surface area contributed by atoms with Gasteiger partial charge < -0.3 is 19.6 Å². The van der Waals surface area contributed by atoms with Crippen LogP contribution in [0.2, 0.25) is 0 Å². The summed E-state index contributed by atoms with van der Waals surface area (Å²) in [5, 5.41) is 9.65. The van der Waals surface area contributed by atoms with Crippen molar-refractivity contribution in [1.29, 1.82) is 0 Å². The average Bonchev–Trinajstić information content (AvgIpc) is 2.63. The third kappa shape index (κ3) is 3.63. The number of rotatable bonds is 1. The molecule has 4 saturated heterocycles. The molecule has 0 aromatic heterocycles. The molecule has 1 spiro atoms. The van der Waals surface area contributed by atoms with Crippen molar-refractivity contribution in [2.24, 2.45) is 11.3 Å².